The smallest absolute Gasteiger partial charge is 0.249 e. The van der Waals surface area contributed by atoms with E-state index in [-0.39, 0.29) is 24.2 Å². The largest absolute Gasteiger partial charge is 0.324 e. The van der Waals surface area contributed by atoms with Crippen LogP contribution in [0.3, 0.4) is 0 Å². The number of nitrogens with zero attached hydrogens (tertiary/aromatic N) is 2. The van der Waals surface area contributed by atoms with E-state index >= 15 is 0 Å². The van der Waals surface area contributed by atoms with E-state index in [4.69, 9.17) is 0 Å². The number of guanidine groups is 1. The number of para-hydroxylation sites is 1. The van der Waals surface area contributed by atoms with Crippen molar-refractivity contribution < 1.29 is 9.59 Å². The summed E-state index contributed by atoms with van der Waals surface area (Å²) in [6.45, 7) is 3.99. The zero-order valence-electron chi connectivity index (χ0n) is 15.4. The minimum absolute atomic E-state index is 0.00169. The third-order valence-electron chi connectivity index (χ3n) is 4.52. The number of hydrogen-bond acceptors (Lipinski definition) is 6. The van der Waals surface area contributed by atoms with Crippen LogP contribution in [0.1, 0.15) is 17.5 Å². The van der Waals surface area contributed by atoms with Crippen molar-refractivity contribution in [2.45, 2.75) is 26.3 Å². The van der Waals surface area contributed by atoms with Gasteiger partial charge >= 0.3 is 0 Å². The standard InChI is InChI=1S/C20H19N5O2S/c1-11-7-8-13(9-12(11)2)21-18(27)15-10-17(26)24-19(22-15)25-20-23-14-5-3-4-6-16(14)28-20/h3-9,15H,10H2,1-2H3,(H,21,27)(H2,22,23,24,25,26)/t15-/m0/s1. The maximum atomic E-state index is 12.6. The molecule has 0 aliphatic carbocycles. The van der Waals surface area contributed by atoms with Gasteiger partial charge in [0.2, 0.25) is 17.8 Å². The molecule has 3 aromatic rings. The molecule has 2 heterocycles. The number of anilines is 2. The Morgan fingerprint density at radius 2 is 2.00 bits per heavy atom. The van der Waals surface area contributed by atoms with Crippen molar-refractivity contribution in [3.8, 4) is 0 Å². The van der Waals surface area contributed by atoms with Gasteiger partial charge in [-0.2, -0.15) is 0 Å². The molecule has 1 atom stereocenters. The summed E-state index contributed by atoms with van der Waals surface area (Å²) in [6.07, 6.45) is 0.00169. The highest BCUT2D eigenvalue weighted by Crippen LogP contribution is 2.25. The van der Waals surface area contributed by atoms with Gasteiger partial charge in [0, 0.05) is 5.69 Å². The number of aromatic nitrogens is 1. The number of carbonyl (C=O) groups excluding carboxylic acids is 2. The van der Waals surface area contributed by atoms with Gasteiger partial charge in [0.05, 0.1) is 16.6 Å². The van der Waals surface area contributed by atoms with E-state index in [0.717, 1.165) is 21.3 Å². The van der Waals surface area contributed by atoms with Crippen LogP contribution in [-0.4, -0.2) is 28.8 Å². The normalized spacial score (nSPS) is 16.4. The molecule has 142 valence electrons. The Hall–Kier alpha value is -3.26. The molecule has 0 unspecified atom stereocenters. The molecule has 1 aliphatic heterocycles. The van der Waals surface area contributed by atoms with Crippen LogP contribution in [0.4, 0.5) is 10.8 Å². The number of aliphatic imine (C=N–C) groups is 1. The summed E-state index contributed by atoms with van der Waals surface area (Å²) in [5, 5.41) is 9.12. The molecule has 0 saturated heterocycles. The minimum atomic E-state index is -0.799. The van der Waals surface area contributed by atoms with Crippen LogP contribution in [0.15, 0.2) is 47.5 Å². The Balaban J connectivity index is 1.51. The molecular weight excluding hydrogens is 374 g/mol. The zero-order valence-corrected chi connectivity index (χ0v) is 16.3. The molecule has 2 amide bonds. The number of carbonyl (C=O) groups is 2. The van der Waals surface area contributed by atoms with E-state index in [1.54, 1.807) is 0 Å². The maximum absolute atomic E-state index is 12.6. The van der Waals surface area contributed by atoms with Crippen LogP contribution in [0.25, 0.3) is 10.2 Å². The molecule has 1 aromatic heterocycles. The van der Waals surface area contributed by atoms with Crippen LogP contribution in [0.5, 0.6) is 0 Å². The lowest BCUT2D eigenvalue weighted by Gasteiger charge is -2.20. The topological polar surface area (TPSA) is 95.5 Å². The fourth-order valence-electron chi connectivity index (χ4n) is 2.88. The van der Waals surface area contributed by atoms with Crippen LogP contribution >= 0.6 is 11.3 Å². The number of nitrogens with one attached hydrogen (secondary N) is 3. The Labute approximate surface area is 165 Å². The van der Waals surface area contributed by atoms with Crippen molar-refractivity contribution in [1.82, 2.24) is 10.3 Å². The zero-order chi connectivity index (χ0) is 19.7. The first-order valence-corrected chi connectivity index (χ1v) is 9.68. The number of aryl methyl sites for hydroxylation is 2. The number of fused-ring (bicyclic) bond motifs is 1. The number of thiazole rings is 1. The molecule has 28 heavy (non-hydrogen) atoms. The average molecular weight is 393 g/mol. The second kappa shape index (κ2) is 7.40. The van der Waals surface area contributed by atoms with E-state index < -0.39 is 6.04 Å². The fourth-order valence-corrected chi connectivity index (χ4v) is 3.74. The van der Waals surface area contributed by atoms with Crippen molar-refractivity contribution in [1.29, 1.82) is 0 Å². The maximum Gasteiger partial charge on any atom is 0.249 e. The van der Waals surface area contributed by atoms with Gasteiger partial charge in [-0.3, -0.25) is 14.9 Å². The Morgan fingerprint density at radius 3 is 2.79 bits per heavy atom. The summed E-state index contributed by atoms with van der Waals surface area (Å²) in [7, 11) is 0. The van der Waals surface area contributed by atoms with E-state index in [2.05, 4.69) is 25.9 Å². The first-order valence-electron chi connectivity index (χ1n) is 8.86. The number of rotatable bonds is 3. The number of hydrogen-bond donors (Lipinski definition) is 3. The Morgan fingerprint density at radius 1 is 1.18 bits per heavy atom. The molecular formula is C20H19N5O2S. The monoisotopic (exact) mass is 393 g/mol. The van der Waals surface area contributed by atoms with Gasteiger partial charge in [0.1, 0.15) is 6.04 Å². The van der Waals surface area contributed by atoms with Gasteiger partial charge in [-0.15, -0.1) is 0 Å². The molecule has 3 N–H and O–H groups in total. The molecule has 1 aliphatic rings. The van der Waals surface area contributed by atoms with Crippen LogP contribution < -0.4 is 16.0 Å². The highest BCUT2D eigenvalue weighted by Gasteiger charge is 2.27. The lowest BCUT2D eigenvalue weighted by atomic mass is 10.1. The Kier molecular flexibility index (Phi) is 4.79. The summed E-state index contributed by atoms with van der Waals surface area (Å²) in [5.41, 5.74) is 3.79. The first kappa shape index (κ1) is 18.1. The molecule has 0 radical (unpaired) electrons. The van der Waals surface area contributed by atoms with Crippen molar-refractivity contribution in [2.24, 2.45) is 4.99 Å². The van der Waals surface area contributed by atoms with E-state index in [9.17, 15) is 9.59 Å². The van der Waals surface area contributed by atoms with Crippen LogP contribution in [-0.2, 0) is 9.59 Å². The molecule has 0 fully saturated rings. The van der Waals surface area contributed by atoms with Crippen molar-refractivity contribution in [3.05, 3.63) is 53.6 Å². The SMILES string of the molecule is Cc1ccc(NC(=O)[C@@H]2CC(=O)NC(Nc3nc4ccccc4s3)=N2)cc1C. The minimum Gasteiger partial charge on any atom is -0.324 e. The van der Waals surface area contributed by atoms with E-state index in [1.165, 1.54) is 11.3 Å². The molecule has 0 spiro atoms. The highest BCUT2D eigenvalue weighted by atomic mass is 32.1. The van der Waals surface area contributed by atoms with Crippen molar-refractivity contribution in [2.75, 3.05) is 10.6 Å². The third-order valence-corrected chi connectivity index (χ3v) is 5.47. The average Bonchev–Trinajstić information content (AvgIpc) is 3.06. The predicted octanol–water partition coefficient (Wildman–Crippen LogP) is 3.21. The van der Waals surface area contributed by atoms with Crippen LogP contribution in [0.2, 0.25) is 0 Å². The lowest BCUT2D eigenvalue weighted by molar-refractivity contribution is -0.124. The summed E-state index contributed by atoms with van der Waals surface area (Å²) in [5.74, 6) is -0.351. The fraction of sp³-hybridized carbons (Fsp3) is 0.200. The summed E-state index contributed by atoms with van der Waals surface area (Å²) in [6, 6.07) is 12.6. The third kappa shape index (κ3) is 3.86. The summed E-state index contributed by atoms with van der Waals surface area (Å²) >= 11 is 1.45. The molecule has 0 bridgehead atoms. The second-order valence-electron chi connectivity index (χ2n) is 6.65. The molecule has 7 nitrogen and oxygen atoms in total. The van der Waals surface area contributed by atoms with Crippen molar-refractivity contribution >= 4 is 50.1 Å². The van der Waals surface area contributed by atoms with Gasteiger partial charge in [0.15, 0.2) is 5.13 Å². The van der Waals surface area contributed by atoms with Gasteiger partial charge in [-0.25, -0.2) is 9.98 Å². The van der Waals surface area contributed by atoms with Crippen molar-refractivity contribution in [3.63, 3.8) is 0 Å². The quantitative estimate of drug-likeness (QED) is 0.637. The second-order valence-corrected chi connectivity index (χ2v) is 7.68. The first-order chi connectivity index (χ1) is 13.5. The molecule has 4 rings (SSSR count). The predicted molar refractivity (Wildman–Crippen MR) is 112 cm³/mol. The van der Waals surface area contributed by atoms with E-state index in [1.807, 2.05) is 56.3 Å². The lowest BCUT2D eigenvalue weighted by Crippen LogP contribution is -2.45. The molecule has 8 heteroatoms. The summed E-state index contributed by atoms with van der Waals surface area (Å²) < 4.78 is 1.02. The number of benzene rings is 2. The molecule has 0 saturated carbocycles. The highest BCUT2D eigenvalue weighted by molar-refractivity contribution is 7.22. The van der Waals surface area contributed by atoms with Gasteiger partial charge in [0.25, 0.3) is 0 Å². The summed E-state index contributed by atoms with van der Waals surface area (Å²) in [4.78, 5) is 33.5. The van der Waals surface area contributed by atoms with E-state index in [0.29, 0.717) is 10.8 Å². The van der Waals surface area contributed by atoms with Gasteiger partial charge in [-0.05, 0) is 49.2 Å². The van der Waals surface area contributed by atoms with Gasteiger partial charge < -0.3 is 10.6 Å². The molecule has 2 aromatic carbocycles. The van der Waals surface area contributed by atoms with Gasteiger partial charge in [-0.1, -0.05) is 29.5 Å². The van der Waals surface area contributed by atoms with Crippen LogP contribution in [0, 0.1) is 13.8 Å². The number of amides is 2. The Bertz CT molecular complexity index is 1070.